The van der Waals surface area contributed by atoms with Gasteiger partial charge < -0.3 is 0 Å². The van der Waals surface area contributed by atoms with Crippen LogP contribution < -0.4 is 0 Å². The molecule has 0 atom stereocenters. The highest BCUT2D eigenvalue weighted by Gasteiger charge is 2.12. The molecule has 1 aliphatic heterocycles. The van der Waals surface area contributed by atoms with E-state index in [-0.39, 0.29) is 5.82 Å². The first-order valence-electron chi connectivity index (χ1n) is 6.20. The lowest BCUT2D eigenvalue weighted by Crippen LogP contribution is -2.24. The van der Waals surface area contributed by atoms with Gasteiger partial charge in [0.1, 0.15) is 5.82 Å². The van der Waals surface area contributed by atoms with Gasteiger partial charge in [-0.25, -0.2) is 4.39 Å². The highest BCUT2D eigenvalue weighted by molar-refractivity contribution is 5.33. The van der Waals surface area contributed by atoms with Gasteiger partial charge in [0.25, 0.3) is 0 Å². The van der Waals surface area contributed by atoms with Crippen LogP contribution in [0, 0.1) is 17.1 Å². The highest BCUT2D eigenvalue weighted by atomic mass is 19.1. The summed E-state index contributed by atoms with van der Waals surface area (Å²) in [7, 11) is 0. The predicted octanol–water partition coefficient (Wildman–Crippen LogP) is 3.07. The molecular formula is C14H17FN2. The minimum atomic E-state index is -0.201. The molecule has 0 bridgehead atoms. The number of benzene rings is 1. The van der Waals surface area contributed by atoms with E-state index in [0.717, 1.165) is 13.1 Å². The SMILES string of the molecule is N#Cc1ccc(F)c(CN2CCCCCC2)c1. The van der Waals surface area contributed by atoms with Gasteiger partial charge in [-0.1, -0.05) is 12.8 Å². The molecule has 0 radical (unpaired) electrons. The van der Waals surface area contributed by atoms with Crippen LogP contribution in [0.5, 0.6) is 0 Å². The lowest BCUT2D eigenvalue weighted by molar-refractivity contribution is 0.273. The van der Waals surface area contributed by atoms with Crippen molar-refractivity contribution in [1.82, 2.24) is 4.90 Å². The Morgan fingerprint density at radius 2 is 1.88 bits per heavy atom. The van der Waals surface area contributed by atoms with Crippen molar-refractivity contribution in [2.75, 3.05) is 13.1 Å². The molecular weight excluding hydrogens is 215 g/mol. The molecule has 1 saturated heterocycles. The van der Waals surface area contributed by atoms with Crippen molar-refractivity contribution in [3.63, 3.8) is 0 Å². The number of likely N-dealkylation sites (tertiary alicyclic amines) is 1. The summed E-state index contributed by atoms with van der Waals surface area (Å²) in [5.41, 5.74) is 1.18. The zero-order valence-corrected chi connectivity index (χ0v) is 9.95. The molecule has 1 heterocycles. The summed E-state index contributed by atoms with van der Waals surface area (Å²) in [6.45, 7) is 2.70. The largest absolute Gasteiger partial charge is 0.299 e. The van der Waals surface area contributed by atoms with Crippen LogP contribution in [0.4, 0.5) is 4.39 Å². The van der Waals surface area contributed by atoms with Gasteiger partial charge >= 0.3 is 0 Å². The molecule has 2 nitrogen and oxygen atoms in total. The quantitative estimate of drug-likeness (QED) is 0.783. The standard InChI is InChI=1S/C14H17FN2/c15-14-6-5-12(10-16)9-13(14)11-17-7-3-1-2-4-8-17/h5-6,9H,1-4,7-8,11H2. The average Bonchev–Trinajstić information content (AvgIpc) is 2.60. The summed E-state index contributed by atoms with van der Waals surface area (Å²) in [5.74, 6) is -0.201. The monoisotopic (exact) mass is 232 g/mol. The summed E-state index contributed by atoms with van der Waals surface area (Å²) < 4.78 is 13.6. The van der Waals surface area contributed by atoms with E-state index < -0.39 is 0 Å². The van der Waals surface area contributed by atoms with Crippen molar-refractivity contribution in [2.45, 2.75) is 32.2 Å². The predicted molar refractivity (Wildman–Crippen MR) is 64.9 cm³/mol. The summed E-state index contributed by atoms with van der Waals surface area (Å²) in [5, 5.41) is 8.82. The van der Waals surface area contributed by atoms with E-state index in [9.17, 15) is 4.39 Å². The summed E-state index contributed by atoms with van der Waals surface area (Å²) in [6.07, 6.45) is 4.94. The van der Waals surface area contributed by atoms with Crippen molar-refractivity contribution < 1.29 is 4.39 Å². The average molecular weight is 232 g/mol. The van der Waals surface area contributed by atoms with E-state index in [1.54, 1.807) is 6.07 Å². The van der Waals surface area contributed by atoms with Gasteiger partial charge in [0.2, 0.25) is 0 Å². The molecule has 90 valence electrons. The Bertz CT molecular complexity index is 415. The Hall–Kier alpha value is -1.40. The molecule has 0 amide bonds. The van der Waals surface area contributed by atoms with E-state index >= 15 is 0 Å². The number of halogens is 1. The molecule has 3 heteroatoms. The van der Waals surface area contributed by atoms with Gasteiger partial charge in [0.15, 0.2) is 0 Å². The van der Waals surface area contributed by atoms with Gasteiger partial charge in [-0.3, -0.25) is 4.90 Å². The number of nitrogens with zero attached hydrogens (tertiary/aromatic N) is 2. The molecule has 0 aliphatic carbocycles. The molecule has 1 aliphatic rings. The molecule has 2 rings (SSSR count). The maximum absolute atomic E-state index is 13.6. The number of hydrogen-bond acceptors (Lipinski definition) is 2. The third-order valence-corrected chi connectivity index (χ3v) is 3.27. The Kier molecular flexibility index (Phi) is 4.11. The second-order valence-corrected chi connectivity index (χ2v) is 4.61. The first-order chi connectivity index (χ1) is 8.29. The summed E-state index contributed by atoms with van der Waals surface area (Å²) in [6, 6.07) is 6.65. The fraction of sp³-hybridized carbons (Fsp3) is 0.500. The maximum atomic E-state index is 13.6. The minimum Gasteiger partial charge on any atom is -0.299 e. The number of hydrogen-bond donors (Lipinski definition) is 0. The van der Waals surface area contributed by atoms with Gasteiger partial charge in [-0.05, 0) is 44.1 Å². The number of nitriles is 1. The summed E-state index contributed by atoms with van der Waals surface area (Å²) >= 11 is 0. The smallest absolute Gasteiger partial charge is 0.127 e. The molecule has 0 saturated carbocycles. The van der Waals surface area contributed by atoms with Crippen LogP contribution in [-0.2, 0) is 6.54 Å². The normalized spacial score (nSPS) is 17.4. The lowest BCUT2D eigenvalue weighted by atomic mass is 10.1. The van der Waals surface area contributed by atoms with E-state index in [1.165, 1.54) is 37.8 Å². The van der Waals surface area contributed by atoms with Crippen molar-refractivity contribution in [3.05, 3.63) is 35.1 Å². The number of rotatable bonds is 2. The molecule has 0 spiro atoms. The molecule has 0 aromatic heterocycles. The van der Waals surface area contributed by atoms with Crippen LogP contribution in [-0.4, -0.2) is 18.0 Å². The van der Waals surface area contributed by atoms with E-state index in [4.69, 9.17) is 5.26 Å². The highest BCUT2D eigenvalue weighted by Crippen LogP contribution is 2.16. The maximum Gasteiger partial charge on any atom is 0.127 e. The fourth-order valence-electron chi connectivity index (χ4n) is 2.30. The van der Waals surface area contributed by atoms with E-state index in [1.807, 2.05) is 0 Å². The van der Waals surface area contributed by atoms with Crippen LogP contribution in [0.25, 0.3) is 0 Å². The van der Waals surface area contributed by atoms with Crippen LogP contribution in [0.15, 0.2) is 18.2 Å². The van der Waals surface area contributed by atoms with Crippen molar-refractivity contribution in [2.24, 2.45) is 0 Å². The molecule has 0 N–H and O–H groups in total. The van der Waals surface area contributed by atoms with Crippen LogP contribution in [0.2, 0.25) is 0 Å². The third-order valence-electron chi connectivity index (χ3n) is 3.27. The second-order valence-electron chi connectivity index (χ2n) is 4.61. The second kappa shape index (κ2) is 5.79. The minimum absolute atomic E-state index is 0.201. The third kappa shape index (κ3) is 3.28. The Morgan fingerprint density at radius 3 is 2.53 bits per heavy atom. The summed E-state index contributed by atoms with van der Waals surface area (Å²) in [4.78, 5) is 2.28. The Labute approximate surface area is 102 Å². The Morgan fingerprint density at radius 1 is 1.18 bits per heavy atom. The lowest BCUT2D eigenvalue weighted by Gasteiger charge is -2.20. The van der Waals surface area contributed by atoms with Crippen LogP contribution in [0.1, 0.15) is 36.8 Å². The van der Waals surface area contributed by atoms with Gasteiger partial charge in [0.05, 0.1) is 11.6 Å². The fourth-order valence-corrected chi connectivity index (χ4v) is 2.30. The Balaban J connectivity index is 2.09. The molecule has 0 unspecified atom stereocenters. The van der Waals surface area contributed by atoms with Crippen molar-refractivity contribution in [1.29, 1.82) is 5.26 Å². The van der Waals surface area contributed by atoms with E-state index in [2.05, 4.69) is 11.0 Å². The van der Waals surface area contributed by atoms with Gasteiger partial charge in [-0.2, -0.15) is 5.26 Å². The molecule has 1 aromatic carbocycles. The van der Waals surface area contributed by atoms with Crippen LogP contribution in [0.3, 0.4) is 0 Å². The van der Waals surface area contributed by atoms with Gasteiger partial charge in [-0.15, -0.1) is 0 Å². The molecule has 1 fully saturated rings. The van der Waals surface area contributed by atoms with Crippen molar-refractivity contribution in [3.8, 4) is 6.07 Å². The van der Waals surface area contributed by atoms with Crippen molar-refractivity contribution >= 4 is 0 Å². The molecule has 17 heavy (non-hydrogen) atoms. The van der Waals surface area contributed by atoms with Gasteiger partial charge in [0, 0.05) is 12.1 Å². The topological polar surface area (TPSA) is 27.0 Å². The zero-order valence-electron chi connectivity index (χ0n) is 9.95. The first kappa shape index (κ1) is 12.1. The first-order valence-corrected chi connectivity index (χ1v) is 6.20. The molecule has 1 aromatic rings. The van der Waals surface area contributed by atoms with Crippen LogP contribution >= 0.6 is 0 Å². The zero-order chi connectivity index (χ0) is 12.1. The van der Waals surface area contributed by atoms with E-state index in [0.29, 0.717) is 17.7 Å².